The Labute approximate surface area is 222 Å². The van der Waals surface area contributed by atoms with Gasteiger partial charge in [-0.3, -0.25) is 10.1 Å². The zero-order valence-electron chi connectivity index (χ0n) is 19.7. The molecule has 0 saturated carbocycles. The summed E-state index contributed by atoms with van der Waals surface area (Å²) >= 11 is 13.6. The van der Waals surface area contributed by atoms with E-state index in [1.165, 1.54) is 25.1 Å². The van der Waals surface area contributed by atoms with Gasteiger partial charge in [0.2, 0.25) is 0 Å². The van der Waals surface area contributed by atoms with Crippen LogP contribution in [-0.2, 0) is 16.0 Å². The molecule has 6 nitrogen and oxygen atoms in total. The average molecular weight is 551 g/mol. The fourth-order valence-electron chi connectivity index (χ4n) is 3.34. The lowest BCUT2D eigenvalue weighted by atomic mass is 10.0. The van der Waals surface area contributed by atoms with Crippen molar-refractivity contribution >= 4 is 57.6 Å². The number of anilines is 1. The van der Waals surface area contributed by atoms with Gasteiger partial charge in [-0.25, -0.2) is 14.2 Å². The van der Waals surface area contributed by atoms with Crippen LogP contribution < -0.4 is 5.32 Å². The molecule has 1 aromatic heterocycles. The van der Waals surface area contributed by atoms with Gasteiger partial charge in [0.1, 0.15) is 5.82 Å². The van der Waals surface area contributed by atoms with Crippen molar-refractivity contribution in [1.29, 1.82) is 0 Å². The van der Waals surface area contributed by atoms with Crippen LogP contribution in [0.3, 0.4) is 0 Å². The third-order valence-electron chi connectivity index (χ3n) is 5.20. The second-order valence-corrected chi connectivity index (χ2v) is 9.65. The standard InChI is InChI=1S/C26H25Cl2FN2O4S/c1-3-9-35-10-5-7-16-6-4-8-18(23(16)29)22-14-36-26(30-22)31-24(32)17-12-20(27)19(21(28)13-17)11-15(2)25(33)34/h4,6,8,11-14H,3,5,7,9-10H2,1-2H3,(H,33,34)(H,30,31,32)/b15-11+. The summed E-state index contributed by atoms with van der Waals surface area (Å²) in [6.07, 6.45) is 3.55. The fraction of sp³-hybridized carbons (Fsp3) is 0.269. The number of carbonyl (C=O) groups is 2. The summed E-state index contributed by atoms with van der Waals surface area (Å²) in [6, 6.07) is 7.97. The van der Waals surface area contributed by atoms with E-state index in [0.717, 1.165) is 17.8 Å². The number of carboxylic acid groups (broad SMARTS) is 1. The molecule has 0 saturated heterocycles. The molecular formula is C26H25Cl2FN2O4S. The number of benzene rings is 2. The van der Waals surface area contributed by atoms with Crippen LogP contribution >= 0.6 is 34.5 Å². The number of thiazole rings is 1. The Balaban J connectivity index is 1.73. The fourth-order valence-corrected chi connectivity index (χ4v) is 4.64. The summed E-state index contributed by atoms with van der Waals surface area (Å²) in [5.74, 6) is -1.95. The van der Waals surface area contributed by atoms with Crippen LogP contribution in [0.1, 0.15) is 48.2 Å². The highest BCUT2D eigenvalue weighted by atomic mass is 35.5. The van der Waals surface area contributed by atoms with Crippen LogP contribution in [0.15, 0.2) is 41.3 Å². The van der Waals surface area contributed by atoms with E-state index < -0.39 is 11.9 Å². The number of ether oxygens (including phenoxy) is 1. The maximum Gasteiger partial charge on any atom is 0.331 e. The van der Waals surface area contributed by atoms with Crippen molar-refractivity contribution in [1.82, 2.24) is 4.98 Å². The van der Waals surface area contributed by atoms with E-state index in [2.05, 4.69) is 10.3 Å². The number of aliphatic carboxylic acids is 1. The van der Waals surface area contributed by atoms with Crippen molar-refractivity contribution in [2.45, 2.75) is 33.1 Å². The molecule has 36 heavy (non-hydrogen) atoms. The molecule has 0 bridgehead atoms. The van der Waals surface area contributed by atoms with Gasteiger partial charge >= 0.3 is 5.97 Å². The first-order valence-electron chi connectivity index (χ1n) is 11.2. The molecule has 10 heteroatoms. The second-order valence-electron chi connectivity index (χ2n) is 7.97. The van der Waals surface area contributed by atoms with Crippen molar-refractivity contribution in [3.05, 3.63) is 73.8 Å². The first-order valence-corrected chi connectivity index (χ1v) is 12.9. The highest BCUT2D eigenvalue weighted by molar-refractivity contribution is 7.14. The Morgan fingerprint density at radius 1 is 1.22 bits per heavy atom. The van der Waals surface area contributed by atoms with Crippen molar-refractivity contribution in [2.24, 2.45) is 0 Å². The summed E-state index contributed by atoms with van der Waals surface area (Å²) in [7, 11) is 0. The molecule has 0 atom stereocenters. The van der Waals surface area contributed by atoms with E-state index in [1.807, 2.05) is 6.92 Å². The molecule has 0 aliphatic heterocycles. The zero-order chi connectivity index (χ0) is 26.2. The number of carbonyl (C=O) groups excluding carboxylic acids is 1. The number of nitrogens with one attached hydrogen (secondary N) is 1. The third kappa shape index (κ3) is 7.13. The number of rotatable bonds is 11. The summed E-state index contributed by atoms with van der Waals surface area (Å²) in [6.45, 7) is 4.72. The molecule has 0 aliphatic carbocycles. The average Bonchev–Trinajstić information content (AvgIpc) is 3.29. The topological polar surface area (TPSA) is 88.5 Å². The third-order valence-corrected chi connectivity index (χ3v) is 6.59. The Morgan fingerprint density at radius 3 is 2.61 bits per heavy atom. The number of aryl methyl sites for hydroxylation is 1. The number of hydrogen-bond acceptors (Lipinski definition) is 5. The lowest BCUT2D eigenvalue weighted by molar-refractivity contribution is -0.132. The number of halogens is 3. The minimum Gasteiger partial charge on any atom is -0.478 e. The molecule has 0 spiro atoms. The van der Waals surface area contributed by atoms with Crippen LogP contribution in [0.25, 0.3) is 17.3 Å². The first kappa shape index (κ1) is 27.8. The van der Waals surface area contributed by atoms with E-state index in [1.54, 1.807) is 23.6 Å². The van der Waals surface area contributed by atoms with Gasteiger partial charge in [0, 0.05) is 40.9 Å². The van der Waals surface area contributed by atoms with E-state index in [9.17, 15) is 9.59 Å². The Kier molecular flexibility index (Phi) is 10.0. The maximum absolute atomic E-state index is 15.1. The monoisotopic (exact) mass is 550 g/mol. The van der Waals surface area contributed by atoms with E-state index in [0.29, 0.717) is 48.4 Å². The van der Waals surface area contributed by atoms with Crippen molar-refractivity contribution < 1.29 is 23.8 Å². The van der Waals surface area contributed by atoms with E-state index in [4.69, 9.17) is 33.0 Å². The SMILES string of the molecule is CCCOCCCc1cccc(-c2csc(NC(=O)c3cc(Cl)c(/C=C(\C)C(=O)O)c(Cl)c3)n2)c1F. The number of hydrogen-bond donors (Lipinski definition) is 2. The predicted octanol–water partition coefficient (Wildman–Crippen LogP) is 7.36. The first-order chi connectivity index (χ1) is 17.2. The molecule has 2 aromatic carbocycles. The van der Waals surface area contributed by atoms with Gasteiger partial charge in [0.25, 0.3) is 5.91 Å². The highest BCUT2D eigenvalue weighted by Crippen LogP contribution is 2.31. The minimum atomic E-state index is -1.11. The number of amides is 1. The van der Waals surface area contributed by atoms with E-state index >= 15 is 4.39 Å². The van der Waals surface area contributed by atoms with Crippen LogP contribution in [0.5, 0.6) is 0 Å². The lowest BCUT2D eigenvalue weighted by Gasteiger charge is -2.08. The van der Waals surface area contributed by atoms with Crippen molar-refractivity contribution in [2.75, 3.05) is 18.5 Å². The molecule has 3 rings (SSSR count). The summed E-state index contributed by atoms with van der Waals surface area (Å²) < 4.78 is 20.6. The van der Waals surface area contributed by atoms with Crippen molar-refractivity contribution in [3.8, 4) is 11.3 Å². The predicted molar refractivity (Wildman–Crippen MR) is 143 cm³/mol. The molecule has 0 radical (unpaired) electrons. The molecule has 2 N–H and O–H groups in total. The Hall–Kier alpha value is -2.78. The van der Waals surface area contributed by atoms with Gasteiger partial charge in [-0.05, 0) is 56.0 Å². The van der Waals surface area contributed by atoms with Crippen molar-refractivity contribution in [3.63, 3.8) is 0 Å². The maximum atomic E-state index is 15.1. The van der Waals surface area contributed by atoms with E-state index in [-0.39, 0.29) is 32.1 Å². The molecular weight excluding hydrogens is 526 g/mol. The number of nitrogens with zero attached hydrogens (tertiary/aromatic N) is 1. The van der Waals surface area contributed by atoms with Gasteiger partial charge in [-0.2, -0.15) is 0 Å². The highest BCUT2D eigenvalue weighted by Gasteiger charge is 2.17. The molecule has 0 aliphatic rings. The second kappa shape index (κ2) is 13.0. The molecule has 3 aromatic rings. The smallest absolute Gasteiger partial charge is 0.331 e. The lowest BCUT2D eigenvalue weighted by Crippen LogP contribution is -2.12. The number of aromatic nitrogens is 1. The molecule has 0 fully saturated rings. The van der Waals surface area contributed by atoms with Crippen LogP contribution in [0, 0.1) is 5.82 Å². The molecule has 1 amide bonds. The number of carboxylic acids is 1. The summed E-state index contributed by atoms with van der Waals surface area (Å²) in [4.78, 5) is 28.2. The van der Waals surface area contributed by atoms with Crippen LogP contribution in [0.2, 0.25) is 10.0 Å². The van der Waals surface area contributed by atoms with Gasteiger partial charge in [-0.15, -0.1) is 11.3 Å². The Morgan fingerprint density at radius 2 is 1.94 bits per heavy atom. The normalized spacial score (nSPS) is 11.5. The zero-order valence-corrected chi connectivity index (χ0v) is 22.1. The van der Waals surface area contributed by atoms with Gasteiger partial charge in [0.05, 0.1) is 15.7 Å². The minimum absolute atomic E-state index is 0.0486. The largest absolute Gasteiger partial charge is 0.478 e. The summed E-state index contributed by atoms with van der Waals surface area (Å²) in [5, 5.41) is 14.0. The van der Waals surface area contributed by atoms with Crippen LogP contribution in [0.4, 0.5) is 9.52 Å². The van der Waals surface area contributed by atoms with Gasteiger partial charge < -0.3 is 9.84 Å². The van der Waals surface area contributed by atoms with Gasteiger partial charge in [-0.1, -0.05) is 42.3 Å². The quantitative estimate of drug-likeness (QED) is 0.192. The van der Waals surface area contributed by atoms with Gasteiger partial charge in [0.15, 0.2) is 5.13 Å². The molecule has 0 unspecified atom stereocenters. The Bertz CT molecular complexity index is 1270. The van der Waals surface area contributed by atoms with Crippen LogP contribution in [-0.4, -0.2) is 35.2 Å². The molecule has 1 heterocycles. The summed E-state index contributed by atoms with van der Waals surface area (Å²) in [5.41, 5.74) is 1.88. The molecule has 190 valence electrons.